The van der Waals surface area contributed by atoms with Crippen LogP contribution in [0.2, 0.25) is 0 Å². The molecule has 1 aromatic heterocycles. The number of piperidine rings is 1. The first-order valence-electron chi connectivity index (χ1n) is 10.2. The minimum atomic E-state index is -0.443. The van der Waals surface area contributed by atoms with Gasteiger partial charge in [0.05, 0.1) is 18.2 Å². The van der Waals surface area contributed by atoms with E-state index < -0.39 is 5.54 Å². The Kier molecular flexibility index (Phi) is 6.98. The largest absolute Gasteiger partial charge is 0.377 e. The van der Waals surface area contributed by atoms with Crippen molar-refractivity contribution in [2.75, 3.05) is 59.5 Å². The van der Waals surface area contributed by atoms with E-state index in [9.17, 15) is 4.79 Å². The third-order valence-electron chi connectivity index (χ3n) is 5.82. The monoisotopic (exact) mass is 374 g/mol. The second kappa shape index (κ2) is 9.24. The van der Waals surface area contributed by atoms with Crippen LogP contribution in [0, 0.1) is 0 Å². The molecule has 2 fully saturated rings. The van der Waals surface area contributed by atoms with Crippen LogP contribution in [-0.4, -0.2) is 96.6 Å². The van der Waals surface area contributed by atoms with Gasteiger partial charge in [0.25, 0.3) is 0 Å². The molecule has 3 heterocycles. The Morgan fingerprint density at radius 2 is 2.00 bits per heavy atom. The van der Waals surface area contributed by atoms with Crippen molar-refractivity contribution in [3.05, 3.63) is 30.1 Å². The van der Waals surface area contributed by atoms with Gasteiger partial charge in [-0.2, -0.15) is 0 Å². The van der Waals surface area contributed by atoms with Gasteiger partial charge in [-0.25, -0.2) is 0 Å². The smallest absolute Gasteiger partial charge is 0.202 e. The first-order valence-corrected chi connectivity index (χ1v) is 10.2. The number of aromatic nitrogens is 1. The zero-order valence-electron chi connectivity index (χ0n) is 17.1. The molecule has 6 nitrogen and oxygen atoms in total. The minimum Gasteiger partial charge on any atom is -0.377 e. The van der Waals surface area contributed by atoms with Crippen molar-refractivity contribution in [2.24, 2.45) is 0 Å². The molecule has 2 aliphatic rings. The van der Waals surface area contributed by atoms with Gasteiger partial charge in [0.15, 0.2) is 0 Å². The lowest BCUT2D eigenvalue weighted by Crippen LogP contribution is -2.66. The number of ether oxygens (including phenoxy) is 1. The van der Waals surface area contributed by atoms with Gasteiger partial charge in [0.1, 0.15) is 5.69 Å². The number of likely N-dealkylation sites (N-methyl/N-ethyl adjacent to an activating group) is 1. The summed E-state index contributed by atoms with van der Waals surface area (Å²) in [4.78, 5) is 25.1. The molecular formula is C21H34N4O2. The highest BCUT2D eigenvalue weighted by molar-refractivity contribution is 6.02. The molecule has 1 aromatic rings. The van der Waals surface area contributed by atoms with Crippen LogP contribution in [-0.2, 0) is 4.74 Å². The fourth-order valence-corrected chi connectivity index (χ4v) is 4.39. The molecule has 0 bridgehead atoms. The topological polar surface area (TPSA) is 48.9 Å². The summed E-state index contributed by atoms with van der Waals surface area (Å²) < 4.78 is 5.69. The van der Waals surface area contributed by atoms with E-state index in [1.54, 1.807) is 6.20 Å². The third kappa shape index (κ3) is 4.93. The Morgan fingerprint density at radius 3 is 2.63 bits per heavy atom. The number of hydrogen-bond acceptors (Lipinski definition) is 6. The molecule has 2 saturated heterocycles. The number of carbonyl (C=O) groups is 1. The van der Waals surface area contributed by atoms with Gasteiger partial charge in [0, 0.05) is 45.5 Å². The summed E-state index contributed by atoms with van der Waals surface area (Å²) in [5.74, 6) is 0.186. The number of pyridine rings is 1. The van der Waals surface area contributed by atoms with Crippen LogP contribution in [0.1, 0.15) is 37.2 Å². The number of hydrogen-bond donors (Lipinski definition) is 0. The molecule has 0 aliphatic carbocycles. The van der Waals surface area contributed by atoms with Crippen LogP contribution in [0.3, 0.4) is 0 Å². The van der Waals surface area contributed by atoms with Gasteiger partial charge >= 0.3 is 0 Å². The summed E-state index contributed by atoms with van der Waals surface area (Å²) >= 11 is 0. The number of ketones is 1. The van der Waals surface area contributed by atoms with E-state index in [0.717, 1.165) is 65.3 Å². The summed E-state index contributed by atoms with van der Waals surface area (Å²) in [6.07, 6.45) is 3.98. The molecule has 0 spiro atoms. The summed E-state index contributed by atoms with van der Waals surface area (Å²) in [5, 5.41) is 0. The Hall–Kier alpha value is -1.34. The first-order chi connectivity index (χ1) is 13.0. The van der Waals surface area contributed by atoms with Crippen molar-refractivity contribution in [2.45, 2.75) is 38.3 Å². The molecule has 0 aromatic carbocycles. The molecule has 3 rings (SSSR count). The standard InChI is InChI=1S/C21H34N4O2/c1-18(2)27-16-15-24-11-13-25(14-12-24)21(8-6-10-23(3)17-21)20(26)19-7-4-5-9-22-19/h4-5,7,9,18H,6,8,10-17H2,1-3H3. The third-order valence-corrected chi connectivity index (χ3v) is 5.82. The van der Waals surface area contributed by atoms with Crippen LogP contribution in [0.25, 0.3) is 0 Å². The Balaban J connectivity index is 1.69. The predicted octanol–water partition coefficient (Wildman–Crippen LogP) is 1.77. The number of piperazine rings is 1. The van der Waals surface area contributed by atoms with Crippen molar-refractivity contribution >= 4 is 5.78 Å². The maximum Gasteiger partial charge on any atom is 0.202 e. The van der Waals surface area contributed by atoms with Crippen molar-refractivity contribution in [1.29, 1.82) is 0 Å². The van der Waals surface area contributed by atoms with E-state index >= 15 is 0 Å². The maximum absolute atomic E-state index is 13.5. The van der Waals surface area contributed by atoms with E-state index in [-0.39, 0.29) is 11.9 Å². The van der Waals surface area contributed by atoms with Gasteiger partial charge in [-0.15, -0.1) is 0 Å². The zero-order valence-corrected chi connectivity index (χ0v) is 17.1. The summed E-state index contributed by atoms with van der Waals surface area (Å²) in [6, 6.07) is 5.64. The molecule has 1 unspecified atom stereocenters. The number of rotatable bonds is 7. The lowest BCUT2D eigenvalue weighted by atomic mass is 9.81. The van der Waals surface area contributed by atoms with Gasteiger partial charge in [-0.3, -0.25) is 19.6 Å². The van der Waals surface area contributed by atoms with Crippen LogP contribution >= 0.6 is 0 Å². The lowest BCUT2D eigenvalue weighted by molar-refractivity contribution is -0.0105. The minimum absolute atomic E-state index is 0.186. The first kappa shape index (κ1) is 20.4. The molecular weight excluding hydrogens is 340 g/mol. The van der Waals surface area contributed by atoms with Crippen molar-refractivity contribution in [3.63, 3.8) is 0 Å². The Bertz CT molecular complexity index is 601. The average molecular weight is 375 g/mol. The van der Waals surface area contributed by atoms with E-state index in [2.05, 4.69) is 40.6 Å². The molecule has 0 saturated carbocycles. The van der Waals surface area contributed by atoms with E-state index in [0.29, 0.717) is 5.69 Å². The fourth-order valence-electron chi connectivity index (χ4n) is 4.39. The molecule has 1 atom stereocenters. The molecule has 150 valence electrons. The predicted molar refractivity (Wildman–Crippen MR) is 107 cm³/mol. The number of carbonyl (C=O) groups excluding carboxylic acids is 1. The second-order valence-corrected chi connectivity index (χ2v) is 8.17. The number of likely N-dealkylation sites (tertiary alicyclic amines) is 1. The van der Waals surface area contributed by atoms with E-state index in [1.807, 2.05) is 18.2 Å². The van der Waals surface area contributed by atoms with Crippen LogP contribution in [0.15, 0.2) is 24.4 Å². The highest BCUT2D eigenvalue weighted by atomic mass is 16.5. The maximum atomic E-state index is 13.5. The molecule has 0 N–H and O–H groups in total. The highest BCUT2D eigenvalue weighted by Gasteiger charge is 2.47. The van der Waals surface area contributed by atoms with Crippen LogP contribution < -0.4 is 0 Å². The molecule has 0 amide bonds. The zero-order chi connectivity index (χ0) is 19.3. The van der Waals surface area contributed by atoms with Gasteiger partial charge in [-0.05, 0) is 52.4 Å². The molecule has 0 radical (unpaired) electrons. The summed E-state index contributed by atoms with van der Waals surface area (Å²) in [5.41, 5.74) is 0.155. The molecule has 27 heavy (non-hydrogen) atoms. The van der Waals surface area contributed by atoms with Crippen molar-refractivity contribution < 1.29 is 9.53 Å². The Labute approximate surface area is 163 Å². The van der Waals surface area contributed by atoms with Gasteiger partial charge in [0.2, 0.25) is 5.78 Å². The quantitative estimate of drug-likeness (QED) is 0.678. The van der Waals surface area contributed by atoms with Crippen LogP contribution in [0.4, 0.5) is 0 Å². The SMILES string of the molecule is CC(C)OCCN1CCN(C2(C(=O)c3ccccn3)CCCN(C)C2)CC1. The summed E-state index contributed by atoms with van der Waals surface area (Å²) in [7, 11) is 2.12. The molecule has 6 heteroatoms. The van der Waals surface area contributed by atoms with Gasteiger partial charge < -0.3 is 9.64 Å². The number of nitrogens with zero attached hydrogens (tertiary/aromatic N) is 4. The normalized spacial score (nSPS) is 25.8. The Morgan fingerprint density at radius 1 is 1.22 bits per heavy atom. The summed E-state index contributed by atoms with van der Waals surface area (Å²) in [6.45, 7) is 11.6. The second-order valence-electron chi connectivity index (χ2n) is 8.17. The molecule has 2 aliphatic heterocycles. The van der Waals surface area contributed by atoms with Crippen molar-refractivity contribution in [1.82, 2.24) is 19.7 Å². The average Bonchev–Trinajstić information content (AvgIpc) is 2.68. The fraction of sp³-hybridized carbons (Fsp3) is 0.714. The highest BCUT2D eigenvalue weighted by Crippen LogP contribution is 2.31. The van der Waals surface area contributed by atoms with E-state index in [1.165, 1.54) is 0 Å². The van der Waals surface area contributed by atoms with Gasteiger partial charge in [-0.1, -0.05) is 6.07 Å². The lowest BCUT2D eigenvalue weighted by Gasteiger charge is -2.50. The number of Topliss-reactive ketones (excluding diaryl/α,β-unsaturated/α-hetero) is 1. The van der Waals surface area contributed by atoms with Crippen molar-refractivity contribution in [3.8, 4) is 0 Å². The van der Waals surface area contributed by atoms with E-state index in [4.69, 9.17) is 4.74 Å². The van der Waals surface area contributed by atoms with Crippen LogP contribution in [0.5, 0.6) is 0 Å².